The van der Waals surface area contributed by atoms with Gasteiger partial charge < -0.3 is 26.5 Å². The van der Waals surface area contributed by atoms with Crippen molar-refractivity contribution in [2.75, 3.05) is 13.1 Å². The van der Waals surface area contributed by atoms with Crippen molar-refractivity contribution in [3.8, 4) is 0 Å². The summed E-state index contributed by atoms with van der Waals surface area (Å²) in [6.45, 7) is 0.591. The van der Waals surface area contributed by atoms with E-state index in [9.17, 15) is 9.59 Å². The molecule has 1 heterocycles. The number of aliphatic carboxylic acids is 1. The van der Waals surface area contributed by atoms with E-state index >= 15 is 0 Å². The van der Waals surface area contributed by atoms with Crippen molar-refractivity contribution in [3.63, 3.8) is 0 Å². The van der Waals surface area contributed by atoms with Gasteiger partial charge in [-0.1, -0.05) is 0 Å². The standard InChI is InChI=1S/C9H15N5O3/c10-1-2-12-9(17)14-7(8(15)16)3-6-4-11-5-13-6/h4-5,7H,1-3,10H2,(H,11,13)(H,15,16)(H2,12,14,17)/t7-/m0/s1. The third kappa shape index (κ3) is 4.51. The van der Waals surface area contributed by atoms with Crippen LogP contribution in [0.25, 0.3) is 0 Å². The summed E-state index contributed by atoms with van der Waals surface area (Å²) >= 11 is 0. The molecule has 0 radical (unpaired) electrons. The lowest BCUT2D eigenvalue weighted by Gasteiger charge is -2.14. The van der Waals surface area contributed by atoms with Crippen LogP contribution in [0.3, 0.4) is 0 Å². The van der Waals surface area contributed by atoms with E-state index < -0.39 is 18.0 Å². The number of urea groups is 1. The summed E-state index contributed by atoms with van der Waals surface area (Å²) < 4.78 is 0. The Hall–Kier alpha value is -2.09. The largest absolute Gasteiger partial charge is 0.480 e. The summed E-state index contributed by atoms with van der Waals surface area (Å²) in [4.78, 5) is 28.8. The summed E-state index contributed by atoms with van der Waals surface area (Å²) in [5, 5.41) is 13.7. The van der Waals surface area contributed by atoms with Crippen molar-refractivity contribution >= 4 is 12.0 Å². The van der Waals surface area contributed by atoms with Crippen LogP contribution < -0.4 is 16.4 Å². The fraction of sp³-hybridized carbons (Fsp3) is 0.444. The van der Waals surface area contributed by atoms with Crippen LogP contribution in [-0.2, 0) is 11.2 Å². The highest BCUT2D eigenvalue weighted by Gasteiger charge is 2.20. The molecule has 6 N–H and O–H groups in total. The molecule has 17 heavy (non-hydrogen) atoms. The maximum Gasteiger partial charge on any atom is 0.326 e. The van der Waals surface area contributed by atoms with E-state index in [-0.39, 0.29) is 6.42 Å². The third-order valence-corrected chi connectivity index (χ3v) is 2.01. The van der Waals surface area contributed by atoms with Gasteiger partial charge in [-0.3, -0.25) is 0 Å². The Morgan fingerprint density at radius 3 is 2.88 bits per heavy atom. The van der Waals surface area contributed by atoms with Crippen LogP contribution in [0.4, 0.5) is 4.79 Å². The summed E-state index contributed by atoms with van der Waals surface area (Å²) in [5.74, 6) is -1.11. The first-order chi connectivity index (χ1) is 8.13. The molecule has 2 amide bonds. The number of imidazole rings is 1. The van der Waals surface area contributed by atoms with Crippen molar-refractivity contribution in [1.29, 1.82) is 0 Å². The van der Waals surface area contributed by atoms with E-state index in [1.807, 2.05) is 0 Å². The Kier molecular flexibility index (Phi) is 4.95. The predicted molar refractivity (Wildman–Crippen MR) is 59.3 cm³/mol. The number of hydrogen-bond acceptors (Lipinski definition) is 4. The molecule has 8 nitrogen and oxygen atoms in total. The first-order valence-corrected chi connectivity index (χ1v) is 5.08. The number of carboxylic acids is 1. The number of carbonyl (C=O) groups excluding carboxylic acids is 1. The van der Waals surface area contributed by atoms with Crippen molar-refractivity contribution in [2.45, 2.75) is 12.5 Å². The number of carbonyl (C=O) groups is 2. The maximum absolute atomic E-state index is 11.3. The molecule has 1 rings (SSSR count). The summed E-state index contributed by atoms with van der Waals surface area (Å²) in [6, 6.07) is -1.56. The van der Waals surface area contributed by atoms with E-state index in [2.05, 4.69) is 20.6 Å². The number of nitrogens with one attached hydrogen (secondary N) is 3. The lowest BCUT2D eigenvalue weighted by molar-refractivity contribution is -0.139. The lowest BCUT2D eigenvalue weighted by atomic mass is 10.2. The van der Waals surface area contributed by atoms with Gasteiger partial charge in [0.2, 0.25) is 0 Å². The summed E-state index contributed by atoms with van der Waals surface area (Å²) in [5.41, 5.74) is 5.84. The Morgan fingerprint density at radius 1 is 1.59 bits per heavy atom. The SMILES string of the molecule is NCCNC(=O)N[C@@H](Cc1cnc[nH]1)C(=O)O. The van der Waals surface area contributed by atoms with Gasteiger partial charge in [0.15, 0.2) is 0 Å². The number of H-pyrrole nitrogens is 1. The second kappa shape index (κ2) is 6.48. The average molecular weight is 241 g/mol. The molecule has 8 heteroatoms. The zero-order valence-corrected chi connectivity index (χ0v) is 9.14. The molecule has 0 aliphatic rings. The quantitative estimate of drug-likeness (QED) is 0.420. The van der Waals surface area contributed by atoms with Gasteiger partial charge in [-0.15, -0.1) is 0 Å². The Bertz CT molecular complexity index is 365. The normalized spacial score (nSPS) is 11.8. The number of amides is 2. The minimum atomic E-state index is -1.11. The van der Waals surface area contributed by atoms with E-state index in [1.54, 1.807) is 0 Å². The third-order valence-electron chi connectivity index (χ3n) is 2.01. The second-order valence-electron chi connectivity index (χ2n) is 3.36. The fourth-order valence-corrected chi connectivity index (χ4v) is 1.21. The zero-order chi connectivity index (χ0) is 12.7. The van der Waals surface area contributed by atoms with Crippen LogP contribution in [0.2, 0.25) is 0 Å². The maximum atomic E-state index is 11.3. The molecule has 0 aliphatic heterocycles. The van der Waals surface area contributed by atoms with Crippen LogP contribution in [0, 0.1) is 0 Å². The van der Waals surface area contributed by atoms with Gasteiger partial charge in [0.05, 0.1) is 6.33 Å². The lowest BCUT2D eigenvalue weighted by Crippen LogP contribution is -2.48. The van der Waals surface area contributed by atoms with Crippen LogP contribution in [0.15, 0.2) is 12.5 Å². The van der Waals surface area contributed by atoms with Crippen LogP contribution in [-0.4, -0.2) is 46.2 Å². The molecular weight excluding hydrogens is 226 g/mol. The van der Waals surface area contributed by atoms with Gasteiger partial charge in [0.25, 0.3) is 0 Å². The van der Waals surface area contributed by atoms with Crippen molar-refractivity contribution in [3.05, 3.63) is 18.2 Å². The molecule has 0 fully saturated rings. The van der Waals surface area contributed by atoms with Gasteiger partial charge in [-0.25, -0.2) is 14.6 Å². The minimum Gasteiger partial charge on any atom is -0.480 e. The van der Waals surface area contributed by atoms with Crippen molar-refractivity contribution < 1.29 is 14.7 Å². The smallest absolute Gasteiger partial charge is 0.326 e. The number of carboxylic acid groups (broad SMARTS) is 1. The number of rotatable bonds is 6. The molecule has 0 spiro atoms. The van der Waals surface area contributed by atoms with E-state index in [1.165, 1.54) is 12.5 Å². The van der Waals surface area contributed by atoms with Gasteiger partial charge >= 0.3 is 12.0 Å². The summed E-state index contributed by atoms with van der Waals surface area (Å²) in [6.07, 6.45) is 3.10. The van der Waals surface area contributed by atoms with Gasteiger partial charge in [0, 0.05) is 31.4 Å². The van der Waals surface area contributed by atoms with Gasteiger partial charge in [-0.05, 0) is 0 Å². The highest BCUT2D eigenvalue weighted by molar-refractivity contribution is 5.82. The molecule has 0 saturated heterocycles. The second-order valence-corrected chi connectivity index (χ2v) is 3.36. The fourth-order valence-electron chi connectivity index (χ4n) is 1.21. The topological polar surface area (TPSA) is 133 Å². The van der Waals surface area contributed by atoms with Crippen LogP contribution in [0.5, 0.6) is 0 Å². The Labute approximate surface area is 97.6 Å². The monoisotopic (exact) mass is 241 g/mol. The molecular formula is C9H15N5O3. The predicted octanol–water partition coefficient (Wildman–Crippen LogP) is -1.34. The Balaban J connectivity index is 2.49. The number of nitrogens with two attached hydrogens (primary N) is 1. The van der Waals surface area contributed by atoms with Crippen LogP contribution in [0.1, 0.15) is 5.69 Å². The molecule has 0 aliphatic carbocycles. The molecule has 1 atom stereocenters. The number of hydrogen-bond donors (Lipinski definition) is 5. The molecule has 94 valence electrons. The Morgan fingerprint density at radius 2 is 2.35 bits per heavy atom. The number of nitrogens with zero attached hydrogens (tertiary/aromatic N) is 1. The van der Waals surface area contributed by atoms with Crippen molar-refractivity contribution in [1.82, 2.24) is 20.6 Å². The van der Waals surface area contributed by atoms with E-state index in [4.69, 9.17) is 10.8 Å². The number of aromatic amines is 1. The molecule has 0 unspecified atom stereocenters. The zero-order valence-electron chi connectivity index (χ0n) is 9.14. The molecule has 1 aromatic heterocycles. The summed E-state index contributed by atoms with van der Waals surface area (Å²) in [7, 11) is 0. The first kappa shape index (κ1) is 13.0. The average Bonchev–Trinajstić information content (AvgIpc) is 2.78. The van der Waals surface area contributed by atoms with Gasteiger partial charge in [-0.2, -0.15) is 0 Å². The van der Waals surface area contributed by atoms with Crippen molar-refractivity contribution in [2.24, 2.45) is 5.73 Å². The molecule has 0 saturated carbocycles. The molecule has 0 aromatic carbocycles. The minimum absolute atomic E-state index is 0.144. The molecule has 1 aromatic rings. The van der Waals surface area contributed by atoms with E-state index in [0.717, 1.165) is 0 Å². The van der Waals surface area contributed by atoms with E-state index in [0.29, 0.717) is 18.8 Å². The van der Waals surface area contributed by atoms with Crippen LogP contribution >= 0.6 is 0 Å². The van der Waals surface area contributed by atoms with Gasteiger partial charge in [0.1, 0.15) is 6.04 Å². The first-order valence-electron chi connectivity index (χ1n) is 5.08. The highest BCUT2D eigenvalue weighted by Crippen LogP contribution is 1.98. The number of aromatic nitrogens is 2. The highest BCUT2D eigenvalue weighted by atomic mass is 16.4. The molecule has 0 bridgehead atoms.